The van der Waals surface area contributed by atoms with Gasteiger partial charge in [0.05, 0.1) is 18.4 Å². The number of hydrogen-bond acceptors (Lipinski definition) is 6. The van der Waals surface area contributed by atoms with Crippen LogP contribution in [0.5, 0.6) is 17.2 Å². The Morgan fingerprint density at radius 1 is 0.786 bits per heavy atom. The largest absolute Gasteiger partial charge is 0.494 e. The number of rotatable bonds is 6. The van der Waals surface area contributed by atoms with Gasteiger partial charge in [-0.1, -0.05) is 54.1 Å². The minimum absolute atomic E-state index is 0.364. The summed E-state index contributed by atoms with van der Waals surface area (Å²) in [6.07, 6.45) is 0. The van der Waals surface area contributed by atoms with Gasteiger partial charge in [-0.2, -0.15) is 0 Å². The van der Waals surface area contributed by atoms with Crippen molar-refractivity contribution in [1.29, 1.82) is 0 Å². The van der Waals surface area contributed by atoms with Crippen molar-refractivity contribution < 1.29 is 19.0 Å². The first-order valence-corrected chi connectivity index (χ1v) is 14.1. The second kappa shape index (κ2) is 10.00. The molecule has 42 heavy (non-hydrogen) atoms. The Morgan fingerprint density at radius 3 is 2.26 bits per heavy atom. The molecule has 208 valence electrons. The van der Waals surface area contributed by atoms with Crippen molar-refractivity contribution in [3.8, 4) is 17.2 Å². The van der Waals surface area contributed by atoms with E-state index in [-0.39, 0.29) is 5.97 Å². The average molecular weight is 555 g/mol. The highest BCUT2D eigenvalue weighted by Gasteiger charge is 2.54. The Kier molecular flexibility index (Phi) is 6.12. The molecule has 0 saturated heterocycles. The van der Waals surface area contributed by atoms with E-state index in [4.69, 9.17) is 14.2 Å². The van der Waals surface area contributed by atoms with Gasteiger partial charge in [-0.15, -0.1) is 0 Å². The molecule has 0 bridgehead atoms. The molecule has 2 aliphatic rings. The van der Waals surface area contributed by atoms with Gasteiger partial charge < -0.3 is 24.4 Å². The van der Waals surface area contributed by atoms with Crippen LogP contribution in [0.1, 0.15) is 39.5 Å². The zero-order valence-corrected chi connectivity index (χ0v) is 23.7. The summed E-state index contributed by atoms with van der Waals surface area (Å²) < 4.78 is 18.8. The zero-order chi connectivity index (χ0) is 28.8. The van der Waals surface area contributed by atoms with Gasteiger partial charge in [-0.3, -0.25) is 0 Å². The number of anilines is 4. The van der Waals surface area contributed by atoms with Crippen LogP contribution in [-0.4, -0.2) is 19.6 Å². The van der Waals surface area contributed by atoms with Gasteiger partial charge >= 0.3 is 5.97 Å². The van der Waals surface area contributed by atoms with Crippen molar-refractivity contribution in [3.05, 3.63) is 137 Å². The van der Waals surface area contributed by atoms with Crippen molar-refractivity contribution in [2.45, 2.75) is 19.4 Å². The van der Waals surface area contributed by atoms with Gasteiger partial charge in [0.1, 0.15) is 17.2 Å². The first-order chi connectivity index (χ1) is 20.5. The summed E-state index contributed by atoms with van der Waals surface area (Å²) in [5.74, 6) is 1.44. The number of para-hydroxylation sites is 1. The number of carbonyl (C=O) groups excluding carboxylic acids is 1. The van der Waals surface area contributed by atoms with Crippen LogP contribution >= 0.6 is 0 Å². The Bertz CT molecular complexity index is 1820. The number of esters is 1. The van der Waals surface area contributed by atoms with Crippen LogP contribution in [-0.2, 0) is 10.3 Å². The number of fused-ring (bicyclic) bond motifs is 6. The summed E-state index contributed by atoms with van der Waals surface area (Å²) >= 11 is 0. The summed E-state index contributed by atoms with van der Waals surface area (Å²) in [4.78, 5) is 15.6. The summed E-state index contributed by atoms with van der Waals surface area (Å²) in [5, 5.41) is 3.47. The number of carbonyl (C=O) groups is 1. The number of benzene rings is 5. The maximum atomic E-state index is 13.4. The minimum atomic E-state index is -1.19. The van der Waals surface area contributed by atoms with Crippen LogP contribution in [0.25, 0.3) is 0 Å². The predicted octanol–water partition coefficient (Wildman–Crippen LogP) is 8.47. The monoisotopic (exact) mass is 554 g/mol. The van der Waals surface area contributed by atoms with E-state index >= 15 is 0 Å². The maximum Gasteiger partial charge on any atom is 0.340 e. The number of hydrogen-bond donors (Lipinski definition) is 1. The molecule has 1 N–H and O–H groups in total. The summed E-state index contributed by atoms with van der Waals surface area (Å²) in [7, 11) is 1.63. The lowest BCUT2D eigenvalue weighted by Crippen LogP contribution is -2.33. The van der Waals surface area contributed by atoms with E-state index in [9.17, 15) is 4.79 Å². The third-order valence-electron chi connectivity index (χ3n) is 8.04. The SMILES string of the molecule is CCN(c1ccc(C)cc1)c1ccc2c(c1)Oc1cc(OC)c(Nc3ccccc3)cc1[C@]21OC(=O)c2ccccc21. The van der Waals surface area contributed by atoms with E-state index in [1.165, 1.54) is 5.56 Å². The number of nitrogens with one attached hydrogen (secondary N) is 1. The Labute approximate surface area is 245 Å². The smallest absolute Gasteiger partial charge is 0.340 e. The van der Waals surface area contributed by atoms with Crippen LogP contribution in [0, 0.1) is 6.92 Å². The molecule has 2 heterocycles. The van der Waals surface area contributed by atoms with Gasteiger partial charge in [0.25, 0.3) is 0 Å². The molecule has 0 fully saturated rings. The molecule has 0 radical (unpaired) electrons. The number of ether oxygens (including phenoxy) is 3. The lowest BCUT2D eigenvalue weighted by molar-refractivity contribution is 0.0224. The van der Waals surface area contributed by atoms with Gasteiger partial charge in [-0.25, -0.2) is 4.79 Å². The van der Waals surface area contributed by atoms with Gasteiger partial charge in [0.15, 0.2) is 5.60 Å². The van der Waals surface area contributed by atoms with Crippen molar-refractivity contribution in [1.82, 2.24) is 0 Å². The van der Waals surface area contributed by atoms with Crippen LogP contribution < -0.4 is 19.7 Å². The maximum absolute atomic E-state index is 13.4. The van der Waals surface area contributed by atoms with Gasteiger partial charge in [0, 0.05) is 52.4 Å². The van der Waals surface area contributed by atoms with E-state index in [1.807, 2.05) is 78.9 Å². The normalized spacial score (nSPS) is 16.1. The molecule has 5 aromatic rings. The molecular weight excluding hydrogens is 524 g/mol. The molecule has 1 spiro atoms. The fourth-order valence-electron chi connectivity index (χ4n) is 6.04. The highest BCUT2D eigenvalue weighted by Crippen LogP contribution is 2.58. The number of nitrogens with zero attached hydrogens (tertiary/aromatic N) is 1. The molecule has 2 aliphatic heterocycles. The minimum Gasteiger partial charge on any atom is -0.494 e. The van der Waals surface area contributed by atoms with Crippen LogP contribution in [0.2, 0.25) is 0 Å². The molecule has 0 aliphatic carbocycles. The average Bonchev–Trinajstić information content (AvgIpc) is 3.31. The third kappa shape index (κ3) is 3.98. The fourth-order valence-corrected chi connectivity index (χ4v) is 6.04. The molecule has 1 atom stereocenters. The Morgan fingerprint density at radius 2 is 1.50 bits per heavy atom. The van der Waals surface area contributed by atoms with Crippen molar-refractivity contribution in [2.75, 3.05) is 23.9 Å². The molecular formula is C36H30N2O4. The fraction of sp³-hybridized carbons (Fsp3) is 0.139. The van der Waals surface area contributed by atoms with Crippen LogP contribution in [0.4, 0.5) is 22.7 Å². The molecule has 0 unspecified atom stereocenters. The topological polar surface area (TPSA) is 60.0 Å². The molecule has 6 nitrogen and oxygen atoms in total. The van der Waals surface area contributed by atoms with E-state index in [2.05, 4.69) is 54.4 Å². The Balaban J connectivity index is 1.42. The van der Waals surface area contributed by atoms with Crippen molar-refractivity contribution in [2.24, 2.45) is 0 Å². The second-order valence-corrected chi connectivity index (χ2v) is 10.5. The summed E-state index contributed by atoms with van der Waals surface area (Å²) in [6.45, 7) is 4.97. The van der Waals surface area contributed by atoms with Crippen molar-refractivity contribution in [3.63, 3.8) is 0 Å². The Hall–Kier alpha value is -5.23. The number of methoxy groups -OCH3 is 1. The second-order valence-electron chi connectivity index (χ2n) is 10.5. The highest BCUT2D eigenvalue weighted by atomic mass is 16.6. The van der Waals surface area contributed by atoms with Crippen molar-refractivity contribution >= 4 is 28.7 Å². The molecule has 7 rings (SSSR count). The third-order valence-corrected chi connectivity index (χ3v) is 8.04. The van der Waals surface area contributed by atoms with E-state index in [0.717, 1.165) is 46.0 Å². The first-order valence-electron chi connectivity index (χ1n) is 14.1. The predicted molar refractivity (Wildman–Crippen MR) is 165 cm³/mol. The standard InChI is InChI=1S/C36H30N2O4/c1-4-38(25-16-14-23(2)15-17-25)26-18-19-29-32(20-26)41-33-22-34(40-3)31(37-24-10-6-5-7-11-24)21-30(33)36(29)28-13-9-8-12-27(28)35(39)42-36/h5-22,37H,4H2,1-3H3/t36-/m1/s1. The highest BCUT2D eigenvalue weighted by molar-refractivity contribution is 5.97. The first kappa shape index (κ1) is 25.7. The van der Waals surface area contributed by atoms with E-state index in [1.54, 1.807) is 7.11 Å². The molecule has 0 amide bonds. The summed E-state index contributed by atoms with van der Waals surface area (Å²) in [5.41, 5.74) is 6.57. The summed E-state index contributed by atoms with van der Waals surface area (Å²) in [6, 6.07) is 35.9. The zero-order valence-electron chi connectivity index (χ0n) is 23.7. The molecule has 5 aromatic carbocycles. The van der Waals surface area contributed by atoms with E-state index in [0.29, 0.717) is 22.8 Å². The lowest BCUT2D eigenvalue weighted by Gasteiger charge is -2.37. The quantitative estimate of drug-likeness (QED) is 0.213. The molecule has 6 heteroatoms. The number of aryl methyl sites for hydroxylation is 1. The lowest BCUT2D eigenvalue weighted by atomic mass is 9.77. The van der Waals surface area contributed by atoms with Crippen LogP contribution in [0.3, 0.4) is 0 Å². The van der Waals surface area contributed by atoms with Gasteiger partial charge in [0.2, 0.25) is 0 Å². The molecule has 0 aromatic heterocycles. The van der Waals surface area contributed by atoms with E-state index < -0.39 is 5.60 Å². The van der Waals surface area contributed by atoms with Gasteiger partial charge in [-0.05, 0) is 62.4 Å². The molecule has 0 saturated carbocycles. The van der Waals surface area contributed by atoms with Crippen LogP contribution in [0.15, 0.2) is 109 Å².